The number of rotatable bonds is 6. The highest BCUT2D eigenvalue weighted by molar-refractivity contribution is 6.31. The summed E-state index contributed by atoms with van der Waals surface area (Å²) in [5, 5.41) is 0.794. The summed E-state index contributed by atoms with van der Waals surface area (Å²) in [4.78, 5) is 0. The van der Waals surface area contributed by atoms with Crippen molar-refractivity contribution in [3.8, 4) is 0 Å². The van der Waals surface area contributed by atoms with Crippen LogP contribution in [0, 0.1) is 6.92 Å². The van der Waals surface area contributed by atoms with Gasteiger partial charge in [-0.05, 0) is 36.1 Å². The Bertz CT molecular complexity index is 542. The molecular formula is C17H20ClNO. The minimum absolute atomic E-state index is 0.000659. The molecule has 0 fully saturated rings. The topological polar surface area (TPSA) is 35.2 Å². The van der Waals surface area contributed by atoms with Crippen molar-refractivity contribution in [2.24, 2.45) is 5.73 Å². The summed E-state index contributed by atoms with van der Waals surface area (Å²) in [5.41, 5.74) is 9.55. The van der Waals surface area contributed by atoms with Crippen LogP contribution in [-0.2, 0) is 17.8 Å². The minimum Gasteiger partial charge on any atom is -0.375 e. The first-order valence-corrected chi connectivity index (χ1v) is 7.15. The van der Waals surface area contributed by atoms with Gasteiger partial charge in [0.25, 0.3) is 0 Å². The molecule has 0 amide bonds. The molecule has 0 aliphatic carbocycles. The van der Waals surface area contributed by atoms with Crippen LogP contribution in [0.25, 0.3) is 0 Å². The molecule has 2 N–H and O–H groups in total. The van der Waals surface area contributed by atoms with E-state index in [2.05, 4.69) is 6.07 Å². The lowest BCUT2D eigenvalue weighted by molar-refractivity contribution is 0.108. The first-order chi connectivity index (χ1) is 9.65. The maximum Gasteiger partial charge on any atom is 0.0717 e. The van der Waals surface area contributed by atoms with Crippen LogP contribution in [0.15, 0.2) is 48.5 Å². The third-order valence-electron chi connectivity index (χ3n) is 3.16. The molecule has 0 aliphatic rings. The zero-order valence-electron chi connectivity index (χ0n) is 11.7. The monoisotopic (exact) mass is 289 g/mol. The smallest absolute Gasteiger partial charge is 0.0717 e. The number of benzene rings is 2. The number of hydrogen-bond acceptors (Lipinski definition) is 2. The average Bonchev–Trinajstić information content (AvgIpc) is 2.44. The molecular weight excluding hydrogens is 270 g/mol. The van der Waals surface area contributed by atoms with Crippen molar-refractivity contribution in [1.82, 2.24) is 0 Å². The molecule has 0 saturated carbocycles. The number of aryl methyl sites for hydroxylation is 1. The Hall–Kier alpha value is -1.35. The van der Waals surface area contributed by atoms with E-state index in [0.717, 1.165) is 17.0 Å². The molecule has 0 saturated heterocycles. The van der Waals surface area contributed by atoms with Gasteiger partial charge in [0.05, 0.1) is 13.2 Å². The first-order valence-electron chi connectivity index (χ1n) is 6.77. The van der Waals surface area contributed by atoms with Gasteiger partial charge in [-0.25, -0.2) is 0 Å². The van der Waals surface area contributed by atoms with Gasteiger partial charge in [0.2, 0.25) is 0 Å². The second kappa shape index (κ2) is 7.44. The van der Waals surface area contributed by atoms with E-state index in [1.807, 2.05) is 49.4 Å². The molecule has 20 heavy (non-hydrogen) atoms. The predicted octanol–water partition coefficient (Wildman–Crippen LogP) is 3.74. The Balaban J connectivity index is 1.77. The summed E-state index contributed by atoms with van der Waals surface area (Å²) in [6.45, 7) is 3.16. The molecule has 0 aromatic heterocycles. The van der Waals surface area contributed by atoms with Crippen molar-refractivity contribution in [3.63, 3.8) is 0 Å². The Morgan fingerprint density at radius 1 is 1.10 bits per heavy atom. The van der Waals surface area contributed by atoms with E-state index in [-0.39, 0.29) is 6.04 Å². The molecule has 2 nitrogen and oxygen atoms in total. The SMILES string of the molecule is Cc1cc(CC(N)COCc2ccccc2)ccc1Cl. The second-order valence-electron chi connectivity index (χ2n) is 5.05. The van der Waals surface area contributed by atoms with E-state index in [0.29, 0.717) is 13.2 Å². The van der Waals surface area contributed by atoms with Crippen molar-refractivity contribution >= 4 is 11.6 Å². The largest absolute Gasteiger partial charge is 0.375 e. The van der Waals surface area contributed by atoms with E-state index in [9.17, 15) is 0 Å². The molecule has 0 bridgehead atoms. The van der Waals surface area contributed by atoms with Gasteiger partial charge in [0, 0.05) is 11.1 Å². The zero-order valence-corrected chi connectivity index (χ0v) is 12.4. The van der Waals surface area contributed by atoms with E-state index in [4.69, 9.17) is 22.1 Å². The normalized spacial score (nSPS) is 12.3. The maximum absolute atomic E-state index is 6.10. The molecule has 0 spiro atoms. The van der Waals surface area contributed by atoms with Crippen molar-refractivity contribution in [3.05, 3.63) is 70.2 Å². The average molecular weight is 290 g/mol. The van der Waals surface area contributed by atoms with E-state index < -0.39 is 0 Å². The van der Waals surface area contributed by atoms with Crippen LogP contribution < -0.4 is 5.73 Å². The fourth-order valence-electron chi connectivity index (χ4n) is 2.10. The lowest BCUT2D eigenvalue weighted by Crippen LogP contribution is -2.28. The highest BCUT2D eigenvalue weighted by atomic mass is 35.5. The van der Waals surface area contributed by atoms with E-state index in [1.54, 1.807) is 0 Å². The Kier molecular flexibility index (Phi) is 5.60. The third kappa shape index (κ3) is 4.64. The molecule has 0 radical (unpaired) electrons. The first kappa shape index (κ1) is 15.0. The molecule has 3 heteroatoms. The summed E-state index contributed by atoms with van der Waals surface area (Å²) in [5.74, 6) is 0. The molecule has 2 aromatic rings. The van der Waals surface area contributed by atoms with Gasteiger partial charge >= 0.3 is 0 Å². The van der Waals surface area contributed by atoms with Crippen molar-refractivity contribution < 1.29 is 4.74 Å². The molecule has 106 valence electrons. The van der Waals surface area contributed by atoms with Gasteiger partial charge in [-0.1, -0.05) is 54.1 Å². The van der Waals surface area contributed by atoms with Crippen LogP contribution >= 0.6 is 11.6 Å². The predicted molar refractivity (Wildman–Crippen MR) is 84.0 cm³/mol. The van der Waals surface area contributed by atoms with Gasteiger partial charge in [-0.3, -0.25) is 0 Å². The van der Waals surface area contributed by atoms with Crippen LogP contribution in [0.3, 0.4) is 0 Å². The second-order valence-corrected chi connectivity index (χ2v) is 5.46. The van der Waals surface area contributed by atoms with E-state index in [1.165, 1.54) is 11.1 Å². The number of ether oxygens (including phenoxy) is 1. The molecule has 0 heterocycles. The zero-order chi connectivity index (χ0) is 14.4. The summed E-state index contributed by atoms with van der Waals surface area (Å²) in [6, 6.07) is 16.1. The summed E-state index contributed by atoms with van der Waals surface area (Å²) >= 11 is 6.01. The third-order valence-corrected chi connectivity index (χ3v) is 3.59. The summed E-state index contributed by atoms with van der Waals surface area (Å²) in [7, 11) is 0. The van der Waals surface area contributed by atoms with Crippen molar-refractivity contribution in [2.45, 2.75) is 26.0 Å². The number of halogens is 1. The van der Waals surface area contributed by atoms with Gasteiger partial charge < -0.3 is 10.5 Å². The van der Waals surface area contributed by atoms with Gasteiger partial charge in [0.1, 0.15) is 0 Å². The molecule has 2 rings (SSSR count). The minimum atomic E-state index is -0.000659. The highest BCUT2D eigenvalue weighted by Crippen LogP contribution is 2.17. The molecule has 1 unspecified atom stereocenters. The van der Waals surface area contributed by atoms with Crippen LogP contribution in [0.2, 0.25) is 5.02 Å². The fraction of sp³-hybridized carbons (Fsp3) is 0.294. The lowest BCUT2D eigenvalue weighted by Gasteiger charge is -2.13. The van der Waals surface area contributed by atoms with Crippen molar-refractivity contribution in [1.29, 1.82) is 0 Å². The van der Waals surface area contributed by atoms with E-state index >= 15 is 0 Å². The van der Waals surface area contributed by atoms with Gasteiger partial charge in [-0.2, -0.15) is 0 Å². The van der Waals surface area contributed by atoms with Gasteiger partial charge in [0.15, 0.2) is 0 Å². The standard InChI is InChI=1S/C17H20ClNO/c1-13-9-15(7-8-17(13)18)10-16(19)12-20-11-14-5-3-2-4-6-14/h2-9,16H,10-12,19H2,1H3. The van der Waals surface area contributed by atoms with Crippen LogP contribution in [0.1, 0.15) is 16.7 Å². The Labute approximate surface area is 125 Å². The summed E-state index contributed by atoms with van der Waals surface area (Å²) in [6.07, 6.45) is 0.798. The fourth-order valence-corrected chi connectivity index (χ4v) is 2.22. The molecule has 1 atom stereocenters. The Morgan fingerprint density at radius 2 is 1.85 bits per heavy atom. The van der Waals surface area contributed by atoms with Crippen LogP contribution in [0.5, 0.6) is 0 Å². The molecule has 0 aliphatic heterocycles. The quantitative estimate of drug-likeness (QED) is 0.879. The number of nitrogens with two attached hydrogens (primary N) is 1. The Morgan fingerprint density at radius 3 is 2.55 bits per heavy atom. The molecule has 2 aromatic carbocycles. The van der Waals surface area contributed by atoms with Crippen LogP contribution in [0.4, 0.5) is 0 Å². The highest BCUT2D eigenvalue weighted by Gasteiger charge is 2.06. The van der Waals surface area contributed by atoms with Crippen molar-refractivity contribution in [2.75, 3.05) is 6.61 Å². The van der Waals surface area contributed by atoms with Gasteiger partial charge in [-0.15, -0.1) is 0 Å². The summed E-state index contributed by atoms with van der Waals surface area (Å²) < 4.78 is 5.66. The lowest BCUT2D eigenvalue weighted by atomic mass is 10.0. The number of hydrogen-bond donors (Lipinski definition) is 1. The van der Waals surface area contributed by atoms with Crippen LogP contribution in [-0.4, -0.2) is 12.6 Å². The maximum atomic E-state index is 6.10.